The average Bonchev–Trinajstić information content (AvgIpc) is 2.99. The van der Waals surface area contributed by atoms with E-state index in [2.05, 4.69) is 18.8 Å². The number of oxazole rings is 1. The van der Waals surface area contributed by atoms with Gasteiger partial charge < -0.3 is 15.1 Å². The zero-order chi connectivity index (χ0) is 16.4. The molecule has 0 radical (unpaired) electrons. The molecule has 2 N–H and O–H groups in total. The number of carbonyl (C=O) groups excluding carboxylic acids is 1. The first-order valence-corrected chi connectivity index (χ1v) is 7.99. The highest BCUT2D eigenvalue weighted by molar-refractivity contribution is 5.85. The molecule has 1 atom stereocenters. The van der Waals surface area contributed by atoms with Crippen LogP contribution in [0.1, 0.15) is 26.0 Å². The molecule has 1 aliphatic heterocycles. The van der Waals surface area contributed by atoms with Crippen molar-refractivity contribution in [1.82, 2.24) is 9.88 Å². The summed E-state index contributed by atoms with van der Waals surface area (Å²) in [5.74, 6) is 0.632. The van der Waals surface area contributed by atoms with Gasteiger partial charge in [0.15, 0.2) is 0 Å². The Balaban J connectivity index is 0.00000208. The van der Waals surface area contributed by atoms with Crippen LogP contribution in [0.5, 0.6) is 0 Å². The summed E-state index contributed by atoms with van der Waals surface area (Å²) in [6.45, 7) is 5.63. The minimum absolute atomic E-state index is 0. The second kappa shape index (κ2) is 7.36. The lowest BCUT2D eigenvalue weighted by molar-refractivity contribution is -0.133. The first-order valence-electron chi connectivity index (χ1n) is 7.99. The second-order valence-corrected chi connectivity index (χ2v) is 6.89. The number of halogens is 1. The summed E-state index contributed by atoms with van der Waals surface area (Å²) in [5, 5.41) is 0. The number of hydrogen-bond donors (Lipinski definition) is 1. The van der Waals surface area contributed by atoms with Gasteiger partial charge in [0.2, 0.25) is 11.8 Å². The van der Waals surface area contributed by atoms with Gasteiger partial charge in [-0.1, -0.05) is 32.0 Å². The Hall–Kier alpha value is -1.85. The first kappa shape index (κ1) is 18.5. The van der Waals surface area contributed by atoms with E-state index in [1.54, 1.807) is 6.26 Å². The van der Waals surface area contributed by atoms with Gasteiger partial charge in [0.05, 0.1) is 12.1 Å². The van der Waals surface area contributed by atoms with Gasteiger partial charge in [0.1, 0.15) is 6.26 Å². The molecule has 3 rings (SSSR count). The topological polar surface area (TPSA) is 72.4 Å². The number of hydrogen-bond acceptors (Lipinski definition) is 4. The number of benzene rings is 1. The molecule has 1 aliphatic rings. The van der Waals surface area contributed by atoms with E-state index in [9.17, 15) is 4.79 Å². The summed E-state index contributed by atoms with van der Waals surface area (Å²) >= 11 is 0. The number of piperidine rings is 1. The maximum atomic E-state index is 12.5. The highest BCUT2D eigenvalue weighted by Crippen LogP contribution is 2.28. The molecule has 1 amide bonds. The fourth-order valence-electron chi connectivity index (χ4n) is 2.95. The molecule has 1 aromatic carbocycles. The molecule has 6 heteroatoms. The van der Waals surface area contributed by atoms with Crippen molar-refractivity contribution in [2.75, 3.05) is 13.1 Å². The standard InChI is InChI=1S/C18H23N3O2.ClH/c1-18(2)12-21(9-8-15(18)19)16(22)10-14-11-23-17(20-14)13-6-4-3-5-7-13;/h3-7,11,15H,8-10,12,19H2,1-2H3;1H. The fourth-order valence-corrected chi connectivity index (χ4v) is 2.95. The summed E-state index contributed by atoms with van der Waals surface area (Å²) in [7, 11) is 0. The largest absolute Gasteiger partial charge is 0.444 e. The van der Waals surface area contributed by atoms with Gasteiger partial charge in [-0.25, -0.2) is 4.98 Å². The molecule has 1 saturated heterocycles. The number of rotatable bonds is 3. The molecule has 0 saturated carbocycles. The number of likely N-dealkylation sites (tertiary alicyclic amines) is 1. The van der Waals surface area contributed by atoms with Crippen LogP contribution in [0.4, 0.5) is 0 Å². The van der Waals surface area contributed by atoms with Crippen LogP contribution >= 0.6 is 12.4 Å². The van der Waals surface area contributed by atoms with E-state index < -0.39 is 0 Å². The van der Waals surface area contributed by atoms with Gasteiger partial charge in [0, 0.05) is 24.7 Å². The van der Waals surface area contributed by atoms with Gasteiger partial charge >= 0.3 is 0 Å². The Labute approximate surface area is 148 Å². The number of amides is 1. The molecule has 1 fully saturated rings. The minimum Gasteiger partial charge on any atom is -0.444 e. The van der Waals surface area contributed by atoms with Gasteiger partial charge in [-0.2, -0.15) is 0 Å². The third kappa shape index (κ3) is 3.97. The van der Waals surface area contributed by atoms with Gasteiger partial charge in [-0.05, 0) is 24.0 Å². The van der Waals surface area contributed by atoms with E-state index in [4.69, 9.17) is 10.2 Å². The van der Waals surface area contributed by atoms with Crippen LogP contribution in [-0.4, -0.2) is 34.9 Å². The Bertz CT molecular complexity index is 685. The van der Waals surface area contributed by atoms with Gasteiger partial charge in [-0.3, -0.25) is 4.79 Å². The van der Waals surface area contributed by atoms with Crippen LogP contribution in [0.2, 0.25) is 0 Å². The van der Waals surface area contributed by atoms with Gasteiger partial charge in [0.25, 0.3) is 0 Å². The van der Waals surface area contributed by atoms with Crippen LogP contribution in [0.25, 0.3) is 11.5 Å². The SMILES string of the molecule is CC1(C)CN(C(=O)Cc2coc(-c3ccccc3)n2)CCC1N.Cl. The predicted octanol–water partition coefficient (Wildman–Crippen LogP) is 2.89. The van der Waals surface area contributed by atoms with Crippen LogP contribution < -0.4 is 5.73 Å². The zero-order valence-electron chi connectivity index (χ0n) is 14.1. The molecule has 2 aromatic rings. The Morgan fingerprint density at radius 1 is 1.38 bits per heavy atom. The zero-order valence-corrected chi connectivity index (χ0v) is 14.9. The number of nitrogens with two attached hydrogens (primary N) is 1. The fraction of sp³-hybridized carbons (Fsp3) is 0.444. The number of nitrogens with zero attached hydrogens (tertiary/aromatic N) is 2. The molecule has 1 aromatic heterocycles. The van der Waals surface area contributed by atoms with E-state index in [-0.39, 0.29) is 36.2 Å². The van der Waals surface area contributed by atoms with Crippen LogP contribution in [0, 0.1) is 5.41 Å². The van der Waals surface area contributed by atoms with Crippen molar-refractivity contribution in [3.05, 3.63) is 42.3 Å². The maximum Gasteiger partial charge on any atom is 0.228 e. The molecule has 2 heterocycles. The molecular formula is C18H24ClN3O2. The Morgan fingerprint density at radius 2 is 2.08 bits per heavy atom. The lowest BCUT2D eigenvalue weighted by Gasteiger charge is -2.42. The molecule has 0 spiro atoms. The maximum absolute atomic E-state index is 12.5. The quantitative estimate of drug-likeness (QED) is 0.924. The van der Waals surface area contributed by atoms with Crippen molar-refractivity contribution in [3.63, 3.8) is 0 Å². The molecule has 24 heavy (non-hydrogen) atoms. The van der Waals surface area contributed by atoms with Crippen LogP contribution in [0.15, 0.2) is 41.0 Å². The van der Waals surface area contributed by atoms with Gasteiger partial charge in [-0.15, -0.1) is 12.4 Å². The summed E-state index contributed by atoms with van der Waals surface area (Å²) in [5.41, 5.74) is 7.66. The third-order valence-corrected chi connectivity index (χ3v) is 4.57. The summed E-state index contributed by atoms with van der Waals surface area (Å²) in [6.07, 6.45) is 2.68. The first-order chi connectivity index (χ1) is 11.0. The predicted molar refractivity (Wildman–Crippen MR) is 95.8 cm³/mol. The van der Waals surface area contributed by atoms with E-state index in [1.807, 2.05) is 35.2 Å². The second-order valence-electron chi connectivity index (χ2n) is 6.89. The molecular weight excluding hydrogens is 326 g/mol. The Morgan fingerprint density at radius 3 is 2.75 bits per heavy atom. The molecule has 0 aliphatic carbocycles. The van der Waals surface area contributed by atoms with Crippen LogP contribution in [0.3, 0.4) is 0 Å². The normalized spacial score (nSPS) is 19.6. The van der Waals surface area contributed by atoms with Crippen molar-refractivity contribution in [1.29, 1.82) is 0 Å². The third-order valence-electron chi connectivity index (χ3n) is 4.57. The lowest BCUT2D eigenvalue weighted by Crippen LogP contribution is -2.54. The summed E-state index contributed by atoms with van der Waals surface area (Å²) in [6, 6.07) is 9.83. The van der Waals surface area contributed by atoms with E-state index in [0.29, 0.717) is 24.7 Å². The number of carbonyl (C=O) groups is 1. The minimum atomic E-state index is -0.0487. The summed E-state index contributed by atoms with van der Waals surface area (Å²) in [4.78, 5) is 18.8. The van der Waals surface area contributed by atoms with Crippen molar-refractivity contribution >= 4 is 18.3 Å². The van der Waals surface area contributed by atoms with Crippen molar-refractivity contribution in [3.8, 4) is 11.5 Å². The van der Waals surface area contributed by atoms with Crippen molar-refractivity contribution < 1.29 is 9.21 Å². The average molecular weight is 350 g/mol. The Kier molecular flexibility index (Phi) is 5.67. The monoisotopic (exact) mass is 349 g/mol. The smallest absolute Gasteiger partial charge is 0.228 e. The lowest BCUT2D eigenvalue weighted by atomic mass is 9.79. The van der Waals surface area contributed by atoms with Crippen LogP contribution in [-0.2, 0) is 11.2 Å². The molecule has 5 nitrogen and oxygen atoms in total. The van der Waals surface area contributed by atoms with E-state index in [0.717, 1.165) is 12.0 Å². The van der Waals surface area contributed by atoms with Crippen molar-refractivity contribution in [2.24, 2.45) is 11.1 Å². The number of aromatic nitrogens is 1. The molecule has 0 bridgehead atoms. The summed E-state index contributed by atoms with van der Waals surface area (Å²) < 4.78 is 5.50. The van der Waals surface area contributed by atoms with E-state index >= 15 is 0 Å². The molecule has 1 unspecified atom stereocenters. The highest BCUT2D eigenvalue weighted by atomic mass is 35.5. The van der Waals surface area contributed by atoms with Crippen molar-refractivity contribution in [2.45, 2.75) is 32.7 Å². The molecule has 130 valence electrons. The highest BCUT2D eigenvalue weighted by Gasteiger charge is 2.35. The van der Waals surface area contributed by atoms with E-state index in [1.165, 1.54) is 0 Å².